The number of aromatic amines is 1. The molecule has 1 amide bonds. The Kier molecular flexibility index (Phi) is 5.66. The number of methoxy groups -OCH3 is 2. The summed E-state index contributed by atoms with van der Waals surface area (Å²) in [5.74, 6) is 0.907. The molecule has 1 aromatic heterocycles. The highest BCUT2D eigenvalue weighted by Crippen LogP contribution is 2.40. The molecule has 6 heteroatoms. The Balaban J connectivity index is 2.09. The van der Waals surface area contributed by atoms with E-state index < -0.39 is 6.04 Å². The molecule has 27 heavy (non-hydrogen) atoms. The van der Waals surface area contributed by atoms with Crippen molar-refractivity contribution >= 4 is 16.8 Å². The summed E-state index contributed by atoms with van der Waals surface area (Å²) in [6.45, 7) is 2.28. The maximum Gasteiger partial charge on any atom is 0.234 e. The van der Waals surface area contributed by atoms with E-state index in [1.165, 1.54) is 0 Å². The number of para-hydroxylation sites is 2. The van der Waals surface area contributed by atoms with Gasteiger partial charge in [-0.2, -0.15) is 0 Å². The molecular formula is C21H25N3O3. The summed E-state index contributed by atoms with van der Waals surface area (Å²) in [4.78, 5) is 14.8. The number of hydrogen-bond acceptors (Lipinski definition) is 4. The van der Waals surface area contributed by atoms with Crippen molar-refractivity contribution in [3.8, 4) is 11.5 Å². The van der Waals surface area contributed by atoms with E-state index in [2.05, 4.69) is 16.4 Å². The van der Waals surface area contributed by atoms with Crippen molar-refractivity contribution in [2.45, 2.75) is 18.9 Å². The summed E-state index contributed by atoms with van der Waals surface area (Å²) in [5, 5.41) is 4.36. The number of amides is 1. The number of nitrogens with one attached hydrogen (secondary N) is 2. The molecule has 2 aromatic carbocycles. The van der Waals surface area contributed by atoms with Crippen LogP contribution in [0.4, 0.5) is 0 Å². The summed E-state index contributed by atoms with van der Waals surface area (Å²) in [5.41, 5.74) is 8.57. The van der Waals surface area contributed by atoms with E-state index >= 15 is 0 Å². The Hall–Kier alpha value is -2.99. The number of nitrogens with two attached hydrogens (primary N) is 1. The van der Waals surface area contributed by atoms with E-state index in [4.69, 9.17) is 15.2 Å². The van der Waals surface area contributed by atoms with Gasteiger partial charge in [0.05, 0.1) is 20.3 Å². The molecule has 0 saturated carbocycles. The van der Waals surface area contributed by atoms with Gasteiger partial charge in [-0.15, -0.1) is 0 Å². The topological polar surface area (TPSA) is 89.4 Å². The molecule has 1 heterocycles. The zero-order chi connectivity index (χ0) is 19.4. The van der Waals surface area contributed by atoms with Crippen molar-refractivity contribution in [3.63, 3.8) is 0 Å². The summed E-state index contributed by atoms with van der Waals surface area (Å²) >= 11 is 0. The summed E-state index contributed by atoms with van der Waals surface area (Å²) in [7, 11) is 3.25. The zero-order valence-corrected chi connectivity index (χ0v) is 15.8. The van der Waals surface area contributed by atoms with Gasteiger partial charge in [0.2, 0.25) is 5.91 Å². The van der Waals surface area contributed by atoms with Gasteiger partial charge in [-0.25, -0.2) is 0 Å². The third-order valence-electron chi connectivity index (χ3n) is 4.86. The van der Waals surface area contributed by atoms with Crippen LogP contribution in [0, 0.1) is 0 Å². The number of fused-ring (bicyclic) bond motifs is 1. The van der Waals surface area contributed by atoms with Crippen LogP contribution in [0.15, 0.2) is 48.7 Å². The second-order valence-corrected chi connectivity index (χ2v) is 6.46. The Bertz CT molecular complexity index is 935. The molecule has 0 fully saturated rings. The highest BCUT2D eigenvalue weighted by atomic mass is 16.5. The van der Waals surface area contributed by atoms with Crippen LogP contribution in [0.5, 0.6) is 11.5 Å². The molecule has 2 atom stereocenters. The first kappa shape index (κ1) is 18.8. The third-order valence-corrected chi connectivity index (χ3v) is 4.86. The van der Waals surface area contributed by atoms with E-state index in [0.29, 0.717) is 18.0 Å². The molecule has 0 unspecified atom stereocenters. The first-order chi connectivity index (χ1) is 13.1. The zero-order valence-electron chi connectivity index (χ0n) is 15.8. The molecule has 6 nitrogen and oxygen atoms in total. The average molecular weight is 367 g/mol. The van der Waals surface area contributed by atoms with Crippen LogP contribution in [-0.4, -0.2) is 37.7 Å². The molecule has 3 aromatic rings. The average Bonchev–Trinajstić information content (AvgIpc) is 3.11. The van der Waals surface area contributed by atoms with Crippen LogP contribution in [0.1, 0.15) is 24.0 Å². The lowest BCUT2D eigenvalue weighted by Crippen LogP contribution is -2.40. The molecule has 142 valence electrons. The Morgan fingerprint density at radius 2 is 1.89 bits per heavy atom. The fourth-order valence-electron chi connectivity index (χ4n) is 3.35. The lowest BCUT2D eigenvalue weighted by molar-refractivity contribution is -0.119. The quantitative estimate of drug-likeness (QED) is 0.571. The second kappa shape index (κ2) is 8.14. The minimum absolute atomic E-state index is 0.0620. The number of primary amides is 1. The van der Waals surface area contributed by atoms with Gasteiger partial charge in [-0.05, 0) is 24.6 Å². The van der Waals surface area contributed by atoms with Crippen LogP contribution in [0.2, 0.25) is 0 Å². The SMILES string of the molecule is COc1cccc([C@H](CN[C@@H](C)C(N)=O)c2c[nH]c3ccccc23)c1OC. The van der Waals surface area contributed by atoms with Gasteiger partial charge < -0.3 is 25.5 Å². The number of benzene rings is 2. The lowest BCUT2D eigenvalue weighted by atomic mass is 9.89. The number of carbonyl (C=O) groups excluding carboxylic acids is 1. The van der Waals surface area contributed by atoms with Gasteiger partial charge in [0, 0.05) is 35.1 Å². The normalized spacial score (nSPS) is 13.3. The molecule has 0 aliphatic rings. The van der Waals surface area contributed by atoms with Gasteiger partial charge in [0.1, 0.15) is 0 Å². The number of hydrogen-bond donors (Lipinski definition) is 3. The maximum atomic E-state index is 11.5. The van der Waals surface area contributed by atoms with Crippen molar-refractivity contribution in [2.24, 2.45) is 5.73 Å². The number of H-pyrrole nitrogens is 1. The van der Waals surface area contributed by atoms with E-state index in [0.717, 1.165) is 22.0 Å². The first-order valence-electron chi connectivity index (χ1n) is 8.86. The Morgan fingerprint density at radius 1 is 1.11 bits per heavy atom. The van der Waals surface area contributed by atoms with Crippen molar-refractivity contribution in [1.82, 2.24) is 10.3 Å². The van der Waals surface area contributed by atoms with Crippen LogP contribution in [0.3, 0.4) is 0 Å². The highest BCUT2D eigenvalue weighted by molar-refractivity contribution is 5.84. The number of rotatable bonds is 8. The molecular weight excluding hydrogens is 342 g/mol. The third kappa shape index (κ3) is 3.75. The number of aromatic nitrogens is 1. The summed E-state index contributed by atoms with van der Waals surface area (Å²) in [6.07, 6.45) is 2.00. The number of carbonyl (C=O) groups is 1. The van der Waals surface area contributed by atoms with Crippen LogP contribution in [0.25, 0.3) is 10.9 Å². The molecule has 0 radical (unpaired) electrons. The van der Waals surface area contributed by atoms with Crippen LogP contribution >= 0.6 is 0 Å². The first-order valence-corrected chi connectivity index (χ1v) is 8.86. The molecule has 0 aliphatic carbocycles. The number of ether oxygens (including phenoxy) is 2. The standard InChI is InChI=1S/C21H25N3O3/c1-13(21(22)25)23-11-17(15-8-6-10-19(26-2)20(15)27-3)16-12-24-18-9-5-4-7-14(16)18/h4-10,12-13,17,23-24H,11H2,1-3H3,(H2,22,25)/t13-,17-/m0/s1. The van der Waals surface area contributed by atoms with E-state index in [1.54, 1.807) is 21.1 Å². The fourth-order valence-corrected chi connectivity index (χ4v) is 3.35. The van der Waals surface area contributed by atoms with Crippen molar-refractivity contribution in [2.75, 3.05) is 20.8 Å². The van der Waals surface area contributed by atoms with Crippen molar-refractivity contribution in [3.05, 3.63) is 59.8 Å². The van der Waals surface area contributed by atoms with E-state index in [1.807, 2.05) is 42.6 Å². The Morgan fingerprint density at radius 3 is 2.59 bits per heavy atom. The van der Waals surface area contributed by atoms with Gasteiger partial charge in [-0.3, -0.25) is 4.79 Å². The summed E-state index contributed by atoms with van der Waals surface area (Å²) in [6, 6.07) is 13.5. The van der Waals surface area contributed by atoms with E-state index in [9.17, 15) is 4.79 Å². The lowest BCUT2D eigenvalue weighted by Gasteiger charge is -2.23. The van der Waals surface area contributed by atoms with Crippen molar-refractivity contribution < 1.29 is 14.3 Å². The van der Waals surface area contributed by atoms with Gasteiger partial charge in [-0.1, -0.05) is 30.3 Å². The largest absolute Gasteiger partial charge is 0.493 e. The highest BCUT2D eigenvalue weighted by Gasteiger charge is 2.24. The molecule has 0 bridgehead atoms. The molecule has 0 spiro atoms. The van der Waals surface area contributed by atoms with Gasteiger partial charge >= 0.3 is 0 Å². The maximum absolute atomic E-state index is 11.5. The smallest absolute Gasteiger partial charge is 0.234 e. The Labute approximate surface area is 158 Å². The predicted molar refractivity (Wildman–Crippen MR) is 106 cm³/mol. The fraction of sp³-hybridized carbons (Fsp3) is 0.286. The molecule has 0 saturated heterocycles. The minimum atomic E-state index is -0.436. The van der Waals surface area contributed by atoms with E-state index in [-0.39, 0.29) is 11.8 Å². The molecule has 4 N–H and O–H groups in total. The van der Waals surface area contributed by atoms with Gasteiger partial charge in [0.25, 0.3) is 0 Å². The van der Waals surface area contributed by atoms with Crippen LogP contribution < -0.4 is 20.5 Å². The minimum Gasteiger partial charge on any atom is -0.493 e. The monoisotopic (exact) mass is 367 g/mol. The molecule has 0 aliphatic heterocycles. The summed E-state index contributed by atoms with van der Waals surface area (Å²) < 4.78 is 11.1. The van der Waals surface area contributed by atoms with Crippen LogP contribution in [-0.2, 0) is 4.79 Å². The predicted octanol–water partition coefficient (Wildman–Crippen LogP) is 2.78. The van der Waals surface area contributed by atoms with Crippen molar-refractivity contribution in [1.29, 1.82) is 0 Å². The second-order valence-electron chi connectivity index (χ2n) is 6.46. The van der Waals surface area contributed by atoms with Gasteiger partial charge in [0.15, 0.2) is 11.5 Å². The molecule has 3 rings (SSSR count).